The molecule has 0 bridgehead atoms. The third kappa shape index (κ3) is 2.08. The molecule has 1 unspecified atom stereocenters. The molecule has 16 heavy (non-hydrogen) atoms. The lowest BCUT2D eigenvalue weighted by Gasteiger charge is -2.11. The van der Waals surface area contributed by atoms with E-state index in [1.54, 1.807) is 0 Å². The van der Waals surface area contributed by atoms with Crippen molar-refractivity contribution in [3.63, 3.8) is 0 Å². The third-order valence-electron chi connectivity index (χ3n) is 2.78. The van der Waals surface area contributed by atoms with Crippen molar-refractivity contribution in [1.82, 2.24) is 5.32 Å². The molecule has 1 N–H and O–H groups in total. The SMILES string of the molecule is CCCC(NC)c1cc2cccc(Cl)c2o1. The molecule has 1 aromatic heterocycles. The molecule has 0 saturated heterocycles. The van der Waals surface area contributed by atoms with E-state index in [1.165, 1.54) is 0 Å². The van der Waals surface area contributed by atoms with Crippen LogP contribution in [0.2, 0.25) is 5.02 Å². The van der Waals surface area contributed by atoms with Gasteiger partial charge < -0.3 is 9.73 Å². The monoisotopic (exact) mass is 237 g/mol. The minimum absolute atomic E-state index is 0.272. The lowest BCUT2D eigenvalue weighted by Crippen LogP contribution is -2.15. The maximum Gasteiger partial charge on any atom is 0.152 e. The minimum Gasteiger partial charge on any atom is -0.458 e. The van der Waals surface area contributed by atoms with Crippen molar-refractivity contribution in [3.05, 3.63) is 35.0 Å². The van der Waals surface area contributed by atoms with Crippen molar-refractivity contribution in [2.45, 2.75) is 25.8 Å². The van der Waals surface area contributed by atoms with Gasteiger partial charge in [-0.05, 0) is 25.6 Å². The Labute approximate surface area is 101 Å². The molecule has 3 heteroatoms. The molecule has 0 spiro atoms. The fourth-order valence-corrected chi connectivity index (χ4v) is 2.16. The molecule has 2 rings (SSSR count). The van der Waals surface area contributed by atoms with E-state index in [-0.39, 0.29) is 6.04 Å². The number of hydrogen-bond donors (Lipinski definition) is 1. The lowest BCUT2D eigenvalue weighted by molar-refractivity contribution is 0.430. The van der Waals surface area contributed by atoms with E-state index in [2.05, 4.69) is 18.3 Å². The summed E-state index contributed by atoms with van der Waals surface area (Å²) in [5, 5.41) is 5.01. The van der Waals surface area contributed by atoms with Crippen LogP contribution in [0.3, 0.4) is 0 Å². The Bertz CT molecular complexity index is 478. The van der Waals surface area contributed by atoms with Crippen LogP contribution in [0.5, 0.6) is 0 Å². The summed E-state index contributed by atoms with van der Waals surface area (Å²) in [5.74, 6) is 0.965. The summed E-state index contributed by atoms with van der Waals surface area (Å²) in [4.78, 5) is 0. The summed E-state index contributed by atoms with van der Waals surface area (Å²) in [5.41, 5.74) is 0.788. The average molecular weight is 238 g/mol. The van der Waals surface area contributed by atoms with Gasteiger partial charge in [0.25, 0.3) is 0 Å². The number of para-hydroxylation sites is 1. The highest BCUT2D eigenvalue weighted by Gasteiger charge is 2.14. The fraction of sp³-hybridized carbons (Fsp3) is 0.385. The van der Waals surface area contributed by atoms with E-state index < -0.39 is 0 Å². The first kappa shape index (κ1) is 11.5. The predicted molar refractivity (Wildman–Crippen MR) is 67.9 cm³/mol. The summed E-state index contributed by atoms with van der Waals surface area (Å²) >= 11 is 6.08. The number of nitrogens with one attached hydrogen (secondary N) is 1. The van der Waals surface area contributed by atoms with Crippen LogP contribution in [0.15, 0.2) is 28.7 Å². The fourth-order valence-electron chi connectivity index (χ4n) is 1.94. The highest BCUT2D eigenvalue weighted by molar-refractivity contribution is 6.34. The number of benzene rings is 1. The Hall–Kier alpha value is -0.990. The van der Waals surface area contributed by atoms with Crippen molar-refractivity contribution in [2.75, 3.05) is 7.05 Å². The molecular weight excluding hydrogens is 222 g/mol. The minimum atomic E-state index is 0.272. The van der Waals surface area contributed by atoms with Crippen molar-refractivity contribution in [3.8, 4) is 0 Å². The molecule has 2 nitrogen and oxygen atoms in total. The highest BCUT2D eigenvalue weighted by atomic mass is 35.5. The summed E-state index contributed by atoms with van der Waals surface area (Å²) < 4.78 is 5.81. The van der Waals surface area contributed by atoms with E-state index in [4.69, 9.17) is 16.0 Å². The van der Waals surface area contributed by atoms with Crippen molar-refractivity contribution < 1.29 is 4.42 Å². The van der Waals surface area contributed by atoms with E-state index in [0.29, 0.717) is 5.02 Å². The van der Waals surface area contributed by atoms with Gasteiger partial charge in [0, 0.05) is 5.39 Å². The van der Waals surface area contributed by atoms with Crippen molar-refractivity contribution in [2.24, 2.45) is 0 Å². The lowest BCUT2D eigenvalue weighted by atomic mass is 10.1. The van der Waals surface area contributed by atoms with Crippen LogP contribution in [-0.2, 0) is 0 Å². The zero-order valence-electron chi connectivity index (χ0n) is 9.59. The van der Waals surface area contributed by atoms with Crippen LogP contribution < -0.4 is 5.32 Å². The normalized spacial score (nSPS) is 13.2. The maximum absolute atomic E-state index is 6.08. The summed E-state index contributed by atoms with van der Waals surface area (Å²) in [6.45, 7) is 2.17. The molecule has 1 aromatic carbocycles. The van der Waals surface area contributed by atoms with E-state index >= 15 is 0 Å². The van der Waals surface area contributed by atoms with Gasteiger partial charge in [0.1, 0.15) is 5.76 Å². The maximum atomic E-state index is 6.08. The van der Waals surface area contributed by atoms with Gasteiger partial charge in [-0.2, -0.15) is 0 Å². The molecule has 0 amide bonds. The number of furan rings is 1. The van der Waals surface area contributed by atoms with Gasteiger partial charge >= 0.3 is 0 Å². The largest absolute Gasteiger partial charge is 0.458 e. The van der Waals surface area contributed by atoms with Gasteiger partial charge in [0.2, 0.25) is 0 Å². The number of halogens is 1. The van der Waals surface area contributed by atoms with Gasteiger partial charge in [0.15, 0.2) is 5.58 Å². The van der Waals surface area contributed by atoms with Crippen molar-refractivity contribution in [1.29, 1.82) is 0 Å². The van der Waals surface area contributed by atoms with E-state index in [0.717, 1.165) is 29.6 Å². The third-order valence-corrected chi connectivity index (χ3v) is 3.08. The number of rotatable bonds is 4. The number of fused-ring (bicyclic) bond motifs is 1. The van der Waals surface area contributed by atoms with Gasteiger partial charge in [-0.15, -0.1) is 0 Å². The zero-order chi connectivity index (χ0) is 11.5. The number of hydrogen-bond acceptors (Lipinski definition) is 2. The topological polar surface area (TPSA) is 25.2 Å². The first-order valence-corrected chi connectivity index (χ1v) is 5.99. The van der Waals surface area contributed by atoms with Gasteiger partial charge in [-0.25, -0.2) is 0 Å². The van der Waals surface area contributed by atoms with E-state index in [9.17, 15) is 0 Å². The summed E-state index contributed by atoms with van der Waals surface area (Å²) in [7, 11) is 1.95. The summed E-state index contributed by atoms with van der Waals surface area (Å²) in [6, 6.07) is 8.16. The molecule has 1 atom stereocenters. The van der Waals surface area contributed by atoms with Gasteiger partial charge in [-0.3, -0.25) is 0 Å². The first-order valence-electron chi connectivity index (χ1n) is 5.61. The second-order valence-corrected chi connectivity index (χ2v) is 4.34. The highest BCUT2D eigenvalue weighted by Crippen LogP contribution is 2.30. The van der Waals surface area contributed by atoms with Gasteiger partial charge in [-0.1, -0.05) is 37.1 Å². The molecule has 0 saturated carbocycles. The molecule has 86 valence electrons. The van der Waals surface area contributed by atoms with E-state index in [1.807, 2.05) is 25.2 Å². The molecule has 0 fully saturated rings. The molecule has 0 aliphatic heterocycles. The van der Waals surface area contributed by atoms with Crippen LogP contribution in [0, 0.1) is 0 Å². The van der Waals surface area contributed by atoms with Crippen LogP contribution in [0.25, 0.3) is 11.0 Å². The summed E-state index contributed by atoms with van der Waals surface area (Å²) in [6.07, 6.45) is 2.18. The average Bonchev–Trinajstić information content (AvgIpc) is 2.71. The molecule has 0 aliphatic rings. The molecule has 1 heterocycles. The quantitative estimate of drug-likeness (QED) is 0.864. The Balaban J connectivity index is 2.42. The second-order valence-electron chi connectivity index (χ2n) is 3.94. The van der Waals surface area contributed by atoms with Crippen molar-refractivity contribution >= 4 is 22.6 Å². The standard InChI is InChI=1S/C13H16ClNO/c1-3-5-11(15-2)12-8-9-6-4-7-10(14)13(9)16-12/h4,6-8,11,15H,3,5H2,1-2H3. The van der Waals surface area contributed by atoms with Gasteiger partial charge in [0.05, 0.1) is 11.1 Å². The zero-order valence-corrected chi connectivity index (χ0v) is 10.3. The Morgan fingerprint density at radius 2 is 2.25 bits per heavy atom. The predicted octanol–water partition coefficient (Wildman–Crippen LogP) is 4.15. The molecule has 0 radical (unpaired) electrons. The second kappa shape index (κ2) is 4.89. The smallest absolute Gasteiger partial charge is 0.152 e. The Morgan fingerprint density at radius 1 is 1.44 bits per heavy atom. The first-order chi connectivity index (χ1) is 7.76. The van der Waals surface area contributed by atoms with Crippen LogP contribution in [0.4, 0.5) is 0 Å². The van der Waals surface area contributed by atoms with Crippen LogP contribution >= 0.6 is 11.6 Å². The molecule has 0 aliphatic carbocycles. The Kier molecular flexibility index (Phi) is 3.52. The molecule has 2 aromatic rings. The Morgan fingerprint density at radius 3 is 2.88 bits per heavy atom. The van der Waals surface area contributed by atoms with Crippen LogP contribution in [-0.4, -0.2) is 7.05 Å². The molecular formula is C13H16ClNO. The van der Waals surface area contributed by atoms with Crippen LogP contribution in [0.1, 0.15) is 31.6 Å².